The molecule has 17 atom stereocenters. The second-order valence-electron chi connectivity index (χ2n) is 33.6. The number of alkyl halides is 1. The number of carbonyl (C=O) groups excluding carboxylic acids is 3. The first kappa shape index (κ1) is 55.4. The average molecular weight is 1130 g/mol. The van der Waals surface area contributed by atoms with Gasteiger partial charge in [0.2, 0.25) is 17.7 Å². The topological polar surface area (TPSA) is 144 Å². The molecule has 3 amide bonds. The van der Waals surface area contributed by atoms with E-state index in [9.17, 15) is 9.90 Å². The molecule has 3 aromatic rings. The standard InChI is InChI=1S/C72H97FN6O4/c1-6-64-26-47-27-65(37-64,39-66(28-47,38-64)58(81)77-54-20-23-74-29-53(54)73)49-12-14-50(15-13-49)69-33-63(5)34-70(41-69,45-72(36-63,44-69)60(83)79-57-22-25-76-46-61(57,2)3)52-18-16-51(17-19-52)68-32-62(4)31-67(40-68,48-10-8-7-9-11-48)42-71(35-62,43-68)59(82)78-55-21-24-75-30-56(55)80/h7-19,47,53-57,74-76,80H,6,20-46H2,1-5H3,(H,77,81)(H,78,82)(H,79,83)/t47?,53-,54+,55+,56+,57?,62-,63+,64+,65+,66?,67-,68?,69?,70-,71?,72?/m0/s1. The fourth-order valence-corrected chi connectivity index (χ4v) is 25.1. The van der Waals surface area contributed by atoms with Gasteiger partial charge in [-0.1, -0.05) is 120 Å². The summed E-state index contributed by atoms with van der Waals surface area (Å²) in [5.41, 5.74) is 4.45. The fourth-order valence-electron chi connectivity index (χ4n) is 25.1. The van der Waals surface area contributed by atoms with Crippen LogP contribution in [0.25, 0.3) is 0 Å². The molecule has 3 aliphatic heterocycles. The summed E-state index contributed by atoms with van der Waals surface area (Å²) in [5, 5.41) is 31.9. The summed E-state index contributed by atoms with van der Waals surface area (Å²) in [6.07, 6.45) is 19.3. The first-order valence-electron chi connectivity index (χ1n) is 33.2. The Morgan fingerprint density at radius 3 is 1.49 bits per heavy atom. The Hall–Kier alpha value is -4.16. The third-order valence-electron chi connectivity index (χ3n) is 26.6. The van der Waals surface area contributed by atoms with Crippen molar-refractivity contribution in [2.45, 2.75) is 233 Å². The van der Waals surface area contributed by atoms with Crippen molar-refractivity contribution in [1.82, 2.24) is 31.9 Å². The Kier molecular flexibility index (Phi) is 12.5. The fraction of sp³-hybridized carbons (Fsp3) is 0.708. The van der Waals surface area contributed by atoms with E-state index in [1.165, 1.54) is 34.2 Å². The maximum atomic E-state index is 15.8. The van der Waals surface area contributed by atoms with E-state index in [0.29, 0.717) is 25.4 Å². The van der Waals surface area contributed by atoms with E-state index in [1.807, 2.05) is 0 Å². The lowest BCUT2D eigenvalue weighted by Crippen LogP contribution is -2.68. The average Bonchev–Trinajstić information content (AvgIpc) is 1.04. The van der Waals surface area contributed by atoms with Gasteiger partial charge in [-0.25, -0.2) is 4.39 Å². The SMILES string of the molecule is CC[C@]12CC3CC(C(=O)N[C@@H]4CCNC[C@@H]4F)(C1)C[C@@](c1ccc(C45CC6(C(=O)NC7CCNCC7(C)C)C[C@](C)(C4)C[C@@](c4ccc(C78CC9(C(=O)N[C@@H]%10CCNC[C@H]%10O)C[C@](C)(C7)C[C@@](c7ccccc7)(C9)C8)cc4)(C6)C5)cc1)(C3)C2. The molecule has 7 unspecified atom stereocenters. The first-order valence-corrected chi connectivity index (χ1v) is 33.2. The lowest BCUT2D eigenvalue weighted by Gasteiger charge is -2.70. The number of aliphatic hydroxyl groups is 1. The van der Waals surface area contributed by atoms with E-state index in [-0.39, 0.29) is 78.5 Å². The lowest BCUT2D eigenvalue weighted by atomic mass is 9.33. The van der Waals surface area contributed by atoms with Gasteiger partial charge in [0.25, 0.3) is 0 Å². The number of carbonyl (C=O) groups is 3. The van der Waals surface area contributed by atoms with E-state index in [1.54, 1.807) is 0 Å². The predicted molar refractivity (Wildman–Crippen MR) is 323 cm³/mol. The number of halogens is 1. The molecule has 12 saturated carbocycles. The largest absolute Gasteiger partial charge is 0.390 e. The maximum absolute atomic E-state index is 15.8. The number of rotatable bonds is 12. The molecule has 12 aliphatic carbocycles. The molecule has 3 aromatic carbocycles. The zero-order chi connectivity index (χ0) is 57.3. The Labute approximate surface area is 494 Å². The summed E-state index contributed by atoms with van der Waals surface area (Å²) < 4.78 is 15.3. The van der Waals surface area contributed by atoms with Gasteiger partial charge in [0.1, 0.15) is 6.17 Å². The number of hydrogen-bond donors (Lipinski definition) is 7. The number of aliphatic hydroxyl groups excluding tert-OH is 1. The molecule has 15 fully saturated rings. The molecule has 18 rings (SSSR count). The minimum absolute atomic E-state index is 0.0252. The van der Waals surface area contributed by atoms with Crippen molar-refractivity contribution in [3.05, 3.63) is 107 Å². The zero-order valence-electron chi connectivity index (χ0n) is 50.8. The summed E-state index contributed by atoms with van der Waals surface area (Å²) in [5.74, 6) is 1.00. The summed E-state index contributed by atoms with van der Waals surface area (Å²) in [7, 11) is 0. The monoisotopic (exact) mass is 1130 g/mol. The van der Waals surface area contributed by atoms with Gasteiger partial charge in [-0.05, 0) is 237 Å². The Bertz CT molecular complexity index is 3080. The van der Waals surface area contributed by atoms with E-state index in [2.05, 4.69) is 145 Å². The van der Waals surface area contributed by atoms with Crippen molar-refractivity contribution in [3.63, 3.8) is 0 Å². The smallest absolute Gasteiger partial charge is 0.226 e. The van der Waals surface area contributed by atoms with Crippen LogP contribution in [-0.4, -0.2) is 92.5 Å². The lowest BCUT2D eigenvalue weighted by molar-refractivity contribution is -0.167. The van der Waals surface area contributed by atoms with E-state index >= 15 is 14.0 Å². The number of benzene rings is 3. The van der Waals surface area contributed by atoms with Crippen LogP contribution in [0.15, 0.2) is 78.9 Å². The van der Waals surface area contributed by atoms with Crippen LogP contribution in [0.1, 0.15) is 204 Å². The third kappa shape index (κ3) is 8.62. The summed E-state index contributed by atoms with van der Waals surface area (Å²) >= 11 is 0. The van der Waals surface area contributed by atoms with Crippen LogP contribution in [0.5, 0.6) is 0 Å². The number of β-amino-alcohol motifs (C(OH)–C–C–N with tert-alkyl or cyclic N) is 1. The van der Waals surface area contributed by atoms with Crippen LogP contribution >= 0.6 is 0 Å². The molecular weight excluding hydrogens is 1030 g/mol. The molecule has 15 aliphatic rings. The highest BCUT2D eigenvalue weighted by Crippen LogP contribution is 2.77. The van der Waals surface area contributed by atoms with Crippen LogP contribution < -0.4 is 31.9 Å². The molecule has 83 heavy (non-hydrogen) atoms. The van der Waals surface area contributed by atoms with Crippen molar-refractivity contribution in [3.8, 4) is 0 Å². The second kappa shape index (κ2) is 18.7. The minimum atomic E-state index is -1.06. The van der Waals surface area contributed by atoms with Crippen LogP contribution in [-0.2, 0) is 41.5 Å². The van der Waals surface area contributed by atoms with Crippen molar-refractivity contribution in [2.75, 3.05) is 39.3 Å². The van der Waals surface area contributed by atoms with Gasteiger partial charge in [0.05, 0.1) is 34.4 Å². The minimum Gasteiger partial charge on any atom is -0.390 e. The molecule has 0 radical (unpaired) electrons. The Morgan fingerprint density at radius 2 is 0.964 bits per heavy atom. The molecule has 0 spiro atoms. The third-order valence-corrected chi connectivity index (χ3v) is 26.6. The number of amides is 3. The van der Waals surface area contributed by atoms with E-state index < -0.39 is 34.6 Å². The molecule has 3 saturated heterocycles. The van der Waals surface area contributed by atoms with Gasteiger partial charge in [-0.3, -0.25) is 14.4 Å². The van der Waals surface area contributed by atoms with Crippen LogP contribution in [0.4, 0.5) is 4.39 Å². The summed E-state index contributed by atoms with van der Waals surface area (Å²) in [6, 6.07) is 30.5. The summed E-state index contributed by atoms with van der Waals surface area (Å²) in [6.45, 7) is 16.1. The highest BCUT2D eigenvalue weighted by atomic mass is 19.1. The molecule has 12 bridgehead atoms. The van der Waals surface area contributed by atoms with Gasteiger partial charge in [-0.15, -0.1) is 0 Å². The zero-order valence-corrected chi connectivity index (χ0v) is 50.8. The van der Waals surface area contributed by atoms with Crippen molar-refractivity contribution >= 4 is 17.7 Å². The Balaban J connectivity index is 0.785. The summed E-state index contributed by atoms with van der Waals surface area (Å²) in [4.78, 5) is 45.8. The quantitative estimate of drug-likeness (QED) is 0.0957. The molecule has 10 nitrogen and oxygen atoms in total. The highest BCUT2D eigenvalue weighted by molar-refractivity contribution is 5.86. The van der Waals surface area contributed by atoms with Gasteiger partial charge in [-0.2, -0.15) is 0 Å². The van der Waals surface area contributed by atoms with Crippen molar-refractivity contribution < 1.29 is 23.9 Å². The molecule has 3 heterocycles. The molecule has 7 N–H and O–H groups in total. The van der Waals surface area contributed by atoms with Crippen LogP contribution in [0, 0.1) is 43.8 Å². The van der Waals surface area contributed by atoms with Gasteiger partial charge < -0.3 is 37.0 Å². The molecule has 0 aromatic heterocycles. The van der Waals surface area contributed by atoms with Crippen molar-refractivity contribution in [2.24, 2.45) is 43.8 Å². The van der Waals surface area contributed by atoms with E-state index in [4.69, 9.17) is 0 Å². The number of nitrogens with one attached hydrogen (secondary N) is 6. The van der Waals surface area contributed by atoms with Gasteiger partial charge >= 0.3 is 0 Å². The van der Waals surface area contributed by atoms with Gasteiger partial charge in [0.15, 0.2) is 0 Å². The molecule has 446 valence electrons. The predicted octanol–water partition coefficient (Wildman–Crippen LogP) is 10.6. The first-order chi connectivity index (χ1) is 39.5. The second-order valence-corrected chi connectivity index (χ2v) is 33.6. The molecular formula is C72H97FN6O4. The van der Waals surface area contributed by atoms with Gasteiger partial charge in [0, 0.05) is 25.7 Å². The number of piperidine rings is 3. The number of hydrogen-bond acceptors (Lipinski definition) is 7. The Morgan fingerprint density at radius 1 is 0.494 bits per heavy atom. The highest BCUT2D eigenvalue weighted by Gasteiger charge is 2.72. The van der Waals surface area contributed by atoms with E-state index in [0.717, 1.165) is 155 Å². The van der Waals surface area contributed by atoms with Crippen LogP contribution in [0.2, 0.25) is 0 Å². The van der Waals surface area contributed by atoms with Crippen LogP contribution in [0.3, 0.4) is 0 Å². The normalized spacial score (nSPS) is 46.8. The van der Waals surface area contributed by atoms with Crippen molar-refractivity contribution in [1.29, 1.82) is 0 Å². The molecule has 11 heteroatoms. The maximum Gasteiger partial charge on any atom is 0.226 e.